The Bertz CT molecular complexity index is 1410. The fourth-order valence-corrected chi connectivity index (χ4v) is 4.92. The molecule has 0 unspecified atom stereocenters. The van der Waals surface area contributed by atoms with Crippen molar-refractivity contribution in [1.82, 2.24) is 30.0 Å². The Morgan fingerprint density at radius 1 is 1.05 bits per heavy atom. The molecule has 1 aromatic carbocycles. The number of carbonyl (C=O) groups is 1. The van der Waals surface area contributed by atoms with E-state index >= 15 is 0 Å². The molecule has 2 saturated heterocycles. The molecule has 3 aromatic heterocycles. The molecule has 10 nitrogen and oxygen atoms in total. The second kappa shape index (κ2) is 9.95. The summed E-state index contributed by atoms with van der Waals surface area (Å²) in [4.78, 5) is 27.0. The van der Waals surface area contributed by atoms with Gasteiger partial charge in [-0.15, -0.1) is 0 Å². The monoisotopic (exact) mass is 501 g/mol. The van der Waals surface area contributed by atoms with Crippen molar-refractivity contribution in [2.24, 2.45) is 0 Å². The summed E-state index contributed by atoms with van der Waals surface area (Å²) in [6.45, 7) is 6.56. The largest absolute Gasteiger partial charge is 0.445 e. The lowest BCUT2D eigenvalue weighted by molar-refractivity contribution is 0.0891. The molecule has 0 saturated carbocycles. The number of anilines is 1. The standard InChI is InChI=1S/C27H31N7O3/c1-18-4-3-5-19(14-18)20-16-28-34(17-20)27-30-22-15-23(26(35)29-21-6-8-32(2)9-7-21)37-24(22)25(31-27)33-10-12-36-13-11-33/h3-5,14-17,21H,6-13H2,1-2H3,(H,29,35). The van der Waals surface area contributed by atoms with Gasteiger partial charge in [0, 0.05) is 37.0 Å². The highest BCUT2D eigenvalue weighted by molar-refractivity contribution is 5.97. The van der Waals surface area contributed by atoms with Gasteiger partial charge < -0.3 is 24.3 Å². The summed E-state index contributed by atoms with van der Waals surface area (Å²) in [5, 5.41) is 7.67. The van der Waals surface area contributed by atoms with Crippen LogP contribution in [-0.2, 0) is 4.74 Å². The van der Waals surface area contributed by atoms with Gasteiger partial charge in [0.2, 0.25) is 0 Å². The van der Waals surface area contributed by atoms with Gasteiger partial charge in [-0.3, -0.25) is 4.79 Å². The zero-order valence-corrected chi connectivity index (χ0v) is 21.2. The minimum absolute atomic E-state index is 0.140. The molecule has 0 radical (unpaired) electrons. The third kappa shape index (κ3) is 4.94. The molecular formula is C27H31N7O3. The average molecular weight is 502 g/mol. The van der Waals surface area contributed by atoms with Crippen molar-refractivity contribution >= 4 is 22.8 Å². The Kier molecular flexibility index (Phi) is 6.35. The van der Waals surface area contributed by atoms with Crippen LogP contribution in [0.15, 0.2) is 47.1 Å². The topological polar surface area (TPSA) is 102 Å². The molecule has 2 aliphatic heterocycles. The summed E-state index contributed by atoms with van der Waals surface area (Å²) in [6, 6.07) is 10.1. The Balaban J connectivity index is 1.35. The molecular weight excluding hydrogens is 470 g/mol. The first-order valence-corrected chi connectivity index (χ1v) is 12.8. The molecule has 192 valence electrons. The van der Waals surface area contributed by atoms with E-state index in [0.717, 1.165) is 37.1 Å². The molecule has 0 atom stereocenters. The van der Waals surface area contributed by atoms with Crippen LogP contribution in [0, 0.1) is 6.92 Å². The fourth-order valence-electron chi connectivity index (χ4n) is 4.92. The van der Waals surface area contributed by atoms with Crippen LogP contribution in [0.3, 0.4) is 0 Å². The van der Waals surface area contributed by atoms with E-state index < -0.39 is 0 Å². The van der Waals surface area contributed by atoms with Crippen LogP contribution in [0.5, 0.6) is 0 Å². The van der Waals surface area contributed by atoms with Crippen molar-refractivity contribution in [2.45, 2.75) is 25.8 Å². The van der Waals surface area contributed by atoms with E-state index in [1.165, 1.54) is 5.56 Å². The normalized spacial score (nSPS) is 17.4. The maximum Gasteiger partial charge on any atom is 0.287 e. The summed E-state index contributed by atoms with van der Waals surface area (Å²) < 4.78 is 13.3. The van der Waals surface area contributed by atoms with Gasteiger partial charge in [-0.25, -0.2) is 9.67 Å². The summed E-state index contributed by atoms with van der Waals surface area (Å²) in [6.07, 6.45) is 5.58. The van der Waals surface area contributed by atoms with Gasteiger partial charge in [0.15, 0.2) is 17.2 Å². The Morgan fingerprint density at radius 3 is 2.65 bits per heavy atom. The van der Waals surface area contributed by atoms with Crippen molar-refractivity contribution in [3.8, 4) is 17.1 Å². The predicted molar refractivity (Wildman–Crippen MR) is 140 cm³/mol. The number of morpholine rings is 1. The number of piperidine rings is 1. The van der Waals surface area contributed by atoms with Crippen molar-refractivity contribution in [2.75, 3.05) is 51.3 Å². The SMILES string of the molecule is Cc1cccc(-c2cnn(-c3nc(N4CCOCC4)c4oc(C(=O)NC5CCN(C)CC5)cc4n3)c2)c1. The predicted octanol–water partition coefficient (Wildman–Crippen LogP) is 3.04. The number of nitrogens with zero attached hydrogens (tertiary/aromatic N) is 6. The lowest BCUT2D eigenvalue weighted by Crippen LogP contribution is -2.43. The Morgan fingerprint density at radius 2 is 1.86 bits per heavy atom. The van der Waals surface area contributed by atoms with Crippen LogP contribution in [0.1, 0.15) is 29.0 Å². The number of aromatic nitrogens is 4. The Hall–Kier alpha value is -3.76. The number of fused-ring (bicyclic) bond motifs is 1. The quantitative estimate of drug-likeness (QED) is 0.445. The van der Waals surface area contributed by atoms with Gasteiger partial charge >= 0.3 is 0 Å². The van der Waals surface area contributed by atoms with Crippen molar-refractivity contribution in [3.63, 3.8) is 0 Å². The van der Waals surface area contributed by atoms with Crippen LogP contribution in [0.25, 0.3) is 28.2 Å². The van der Waals surface area contributed by atoms with E-state index in [-0.39, 0.29) is 17.7 Å². The van der Waals surface area contributed by atoms with E-state index in [9.17, 15) is 4.79 Å². The molecule has 5 heterocycles. The van der Waals surface area contributed by atoms with Crippen LogP contribution in [0.4, 0.5) is 5.82 Å². The number of nitrogens with one attached hydrogen (secondary N) is 1. The number of rotatable bonds is 5. The van der Waals surface area contributed by atoms with Gasteiger partial charge in [-0.05, 0) is 45.5 Å². The van der Waals surface area contributed by atoms with Crippen LogP contribution >= 0.6 is 0 Å². The first kappa shape index (κ1) is 23.6. The molecule has 1 N–H and O–H groups in total. The maximum absolute atomic E-state index is 13.1. The van der Waals surface area contributed by atoms with Crippen LogP contribution in [-0.4, -0.2) is 83.0 Å². The first-order chi connectivity index (χ1) is 18.0. The first-order valence-electron chi connectivity index (χ1n) is 12.8. The number of hydrogen-bond donors (Lipinski definition) is 1. The number of carbonyl (C=O) groups excluding carboxylic acids is 1. The maximum atomic E-state index is 13.1. The van der Waals surface area contributed by atoms with E-state index in [1.54, 1.807) is 10.7 Å². The number of amides is 1. The van der Waals surface area contributed by atoms with E-state index in [0.29, 0.717) is 49.2 Å². The van der Waals surface area contributed by atoms with Crippen LogP contribution < -0.4 is 10.2 Å². The minimum Gasteiger partial charge on any atom is -0.445 e. The molecule has 2 fully saturated rings. The van der Waals surface area contributed by atoms with E-state index in [4.69, 9.17) is 19.1 Å². The number of benzene rings is 1. The second-order valence-corrected chi connectivity index (χ2v) is 9.87. The van der Waals surface area contributed by atoms with Gasteiger partial charge in [0.1, 0.15) is 5.52 Å². The molecule has 4 aromatic rings. The highest BCUT2D eigenvalue weighted by Crippen LogP contribution is 2.29. The van der Waals surface area contributed by atoms with Crippen LogP contribution in [0.2, 0.25) is 0 Å². The number of furan rings is 1. The number of hydrogen-bond acceptors (Lipinski definition) is 8. The summed E-state index contributed by atoms with van der Waals surface area (Å²) >= 11 is 0. The molecule has 37 heavy (non-hydrogen) atoms. The van der Waals surface area contributed by atoms with Gasteiger partial charge in [-0.1, -0.05) is 29.8 Å². The zero-order valence-electron chi connectivity index (χ0n) is 21.2. The van der Waals surface area contributed by atoms with E-state index in [2.05, 4.69) is 52.4 Å². The molecule has 0 aliphatic carbocycles. The summed E-state index contributed by atoms with van der Waals surface area (Å²) in [5.74, 6) is 1.10. The van der Waals surface area contributed by atoms with E-state index in [1.807, 2.05) is 18.5 Å². The number of ether oxygens (including phenoxy) is 1. The average Bonchev–Trinajstić information content (AvgIpc) is 3.58. The van der Waals surface area contributed by atoms with Crippen molar-refractivity contribution < 1.29 is 13.9 Å². The minimum atomic E-state index is -0.220. The second-order valence-electron chi connectivity index (χ2n) is 9.87. The lowest BCUT2D eigenvalue weighted by Gasteiger charge is -2.29. The molecule has 0 spiro atoms. The number of likely N-dealkylation sites (tertiary alicyclic amines) is 1. The number of aryl methyl sites for hydroxylation is 1. The molecule has 0 bridgehead atoms. The Labute approximate surface area is 215 Å². The fraction of sp³-hybridized carbons (Fsp3) is 0.407. The zero-order chi connectivity index (χ0) is 25.4. The lowest BCUT2D eigenvalue weighted by atomic mass is 10.1. The molecule has 6 rings (SSSR count). The highest BCUT2D eigenvalue weighted by Gasteiger charge is 2.25. The molecule has 10 heteroatoms. The highest BCUT2D eigenvalue weighted by atomic mass is 16.5. The summed E-state index contributed by atoms with van der Waals surface area (Å²) in [7, 11) is 2.10. The van der Waals surface area contributed by atoms with Gasteiger partial charge in [-0.2, -0.15) is 10.1 Å². The third-order valence-corrected chi connectivity index (χ3v) is 7.07. The van der Waals surface area contributed by atoms with Crippen molar-refractivity contribution in [3.05, 3.63) is 54.0 Å². The summed E-state index contributed by atoms with van der Waals surface area (Å²) in [5.41, 5.74) is 4.32. The van der Waals surface area contributed by atoms with Crippen molar-refractivity contribution in [1.29, 1.82) is 0 Å². The van der Waals surface area contributed by atoms with Gasteiger partial charge in [0.05, 0.1) is 19.4 Å². The smallest absolute Gasteiger partial charge is 0.287 e. The molecule has 1 amide bonds. The molecule has 2 aliphatic rings. The third-order valence-electron chi connectivity index (χ3n) is 7.07. The van der Waals surface area contributed by atoms with Gasteiger partial charge in [0.25, 0.3) is 11.9 Å².